The van der Waals surface area contributed by atoms with Gasteiger partial charge >= 0.3 is 6.18 Å². The van der Waals surface area contributed by atoms with Crippen LogP contribution in [0.1, 0.15) is 29.3 Å². The van der Waals surface area contributed by atoms with Crippen LogP contribution in [0.4, 0.5) is 19.0 Å². The Kier molecular flexibility index (Phi) is 6.69. The van der Waals surface area contributed by atoms with Crippen molar-refractivity contribution in [3.63, 3.8) is 0 Å². The monoisotopic (exact) mass is 382 g/mol. The Morgan fingerprint density at radius 2 is 1.96 bits per heavy atom. The van der Waals surface area contributed by atoms with Gasteiger partial charge in [0.05, 0.1) is 13.0 Å². The first-order valence-corrected chi connectivity index (χ1v) is 7.89. The molecule has 0 bridgehead atoms. The first kappa shape index (κ1) is 20.1. The van der Waals surface area contributed by atoms with E-state index in [2.05, 4.69) is 20.6 Å². The Hall–Kier alpha value is -3.17. The van der Waals surface area contributed by atoms with E-state index in [1.807, 2.05) is 0 Å². The number of nitrogens with zero attached hydrogens (tertiary/aromatic N) is 2. The number of halogens is 3. The molecule has 0 fully saturated rings. The van der Waals surface area contributed by atoms with Crippen LogP contribution in [0.3, 0.4) is 0 Å². The quantitative estimate of drug-likeness (QED) is 0.768. The molecule has 0 saturated carbocycles. The molecule has 2 rings (SSSR count). The summed E-state index contributed by atoms with van der Waals surface area (Å²) in [7, 11) is 0. The Labute approximate surface area is 153 Å². The number of nitrogens with one attached hydrogen (secondary N) is 2. The molecule has 2 N–H and O–H groups in total. The van der Waals surface area contributed by atoms with E-state index in [-0.39, 0.29) is 30.1 Å². The molecule has 2 aromatic rings. The first-order chi connectivity index (χ1) is 12.7. The molecule has 7 nitrogen and oxygen atoms in total. The summed E-state index contributed by atoms with van der Waals surface area (Å²) in [5, 5.41) is 5.15. The zero-order valence-electron chi connectivity index (χ0n) is 14.3. The zero-order chi connectivity index (χ0) is 19.9. The van der Waals surface area contributed by atoms with E-state index in [9.17, 15) is 22.8 Å². The minimum atomic E-state index is -4.28. The largest absolute Gasteiger partial charge is 0.477 e. The topological polar surface area (TPSA) is 93.2 Å². The second-order valence-corrected chi connectivity index (χ2v) is 5.51. The first-order valence-electron chi connectivity index (χ1n) is 7.89. The third-order valence-electron chi connectivity index (χ3n) is 3.21. The van der Waals surface area contributed by atoms with Crippen molar-refractivity contribution >= 4 is 17.6 Å². The Bertz CT molecular complexity index is 795. The van der Waals surface area contributed by atoms with E-state index >= 15 is 0 Å². The highest BCUT2D eigenvalue weighted by molar-refractivity contribution is 5.96. The summed E-state index contributed by atoms with van der Waals surface area (Å²) in [4.78, 5) is 31.0. The highest BCUT2D eigenvalue weighted by atomic mass is 19.4. The Morgan fingerprint density at radius 1 is 1.19 bits per heavy atom. The van der Waals surface area contributed by atoms with Gasteiger partial charge < -0.3 is 15.4 Å². The van der Waals surface area contributed by atoms with Gasteiger partial charge in [0, 0.05) is 37.5 Å². The van der Waals surface area contributed by atoms with Gasteiger partial charge in [-0.25, -0.2) is 9.97 Å². The van der Waals surface area contributed by atoms with Crippen LogP contribution in [-0.4, -0.2) is 34.6 Å². The summed E-state index contributed by atoms with van der Waals surface area (Å²) in [6, 6.07) is 5.95. The van der Waals surface area contributed by atoms with Crippen molar-refractivity contribution in [1.29, 1.82) is 0 Å². The van der Waals surface area contributed by atoms with Gasteiger partial charge in [-0.3, -0.25) is 9.59 Å². The number of ether oxygens (including phenoxy) is 1. The number of carbonyl (C=O) groups is 2. The number of anilines is 1. The molecule has 144 valence electrons. The van der Waals surface area contributed by atoms with Crippen molar-refractivity contribution in [3.8, 4) is 5.88 Å². The van der Waals surface area contributed by atoms with Gasteiger partial charge in [0.1, 0.15) is 5.82 Å². The summed E-state index contributed by atoms with van der Waals surface area (Å²) in [5.74, 6) is -0.348. The normalized spacial score (nSPS) is 11.0. The molecular weight excluding hydrogens is 365 g/mol. The molecule has 0 aliphatic rings. The molecule has 0 atom stereocenters. The Morgan fingerprint density at radius 3 is 2.59 bits per heavy atom. The average Bonchev–Trinajstić information content (AvgIpc) is 2.59. The predicted octanol–water partition coefficient (Wildman–Crippen LogP) is 2.70. The van der Waals surface area contributed by atoms with Crippen LogP contribution in [0.15, 0.2) is 36.7 Å². The van der Waals surface area contributed by atoms with Crippen LogP contribution in [0.25, 0.3) is 0 Å². The number of pyridine rings is 2. The highest BCUT2D eigenvalue weighted by Gasteiger charge is 2.26. The minimum Gasteiger partial charge on any atom is -0.477 e. The van der Waals surface area contributed by atoms with Crippen LogP contribution in [0, 0.1) is 0 Å². The molecule has 2 heterocycles. The summed E-state index contributed by atoms with van der Waals surface area (Å²) in [5.41, 5.74) is 0.955. The van der Waals surface area contributed by atoms with Gasteiger partial charge in [-0.2, -0.15) is 13.2 Å². The summed E-state index contributed by atoms with van der Waals surface area (Å²) >= 11 is 0. The van der Waals surface area contributed by atoms with Gasteiger partial charge in [-0.1, -0.05) is 6.07 Å². The fraction of sp³-hybridized carbons (Fsp3) is 0.294. The zero-order valence-corrected chi connectivity index (χ0v) is 14.3. The fourth-order valence-electron chi connectivity index (χ4n) is 1.98. The number of hydrogen-bond acceptors (Lipinski definition) is 5. The summed E-state index contributed by atoms with van der Waals surface area (Å²) < 4.78 is 41.1. The molecule has 0 spiro atoms. The van der Waals surface area contributed by atoms with E-state index in [1.165, 1.54) is 37.5 Å². The molecule has 0 aliphatic heterocycles. The maximum Gasteiger partial charge on any atom is 0.392 e. The number of rotatable bonds is 7. The lowest BCUT2D eigenvalue weighted by molar-refractivity contribution is -0.139. The third kappa shape index (κ3) is 7.30. The van der Waals surface area contributed by atoms with Crippen molar-refractivity contribution in [2.45, 2.75) is 26.1 Å². The molecule has 2 amide bonds. The van der Waals surface area contributed by atoms with E-state index in [1.54, 1.807) is 6.07 Å². The van der Waals surface area contributed by atoms with Crippen LogP contribution in [0.5, 0.6) is 5.88 Å². The molecule has 10 heteroatoms. The lowest BCUT2D eigenvalue weighted by Gasteiger charge is -2.09. The Balaban J connectivity index is 1.85. The number of hydrogen-bond donors (Lipinski definition) is 2. The average molecular weight is 382 g/mol. The molecule has 2 aromatic heterocycles. The van der Waals surface area contributed by atoms with Gasteiger partial charge in [0.15, 0.2) is 0 Å². The standard InChI is InChI=1S/C17H17F3N4O3/c1-11(25)24-14-8-13(4-6-21-14)16(26)23-10-12-2-3-15(22-9-12)27-7-5-17(18,19)20/h2-4,6,8-9H,5,7,10H2,1H3,(H,23,26)(H,21,24,25). The molecule has 0 radical (unpaired) electrons. The van der Waals surface area contributed by atoms with Gasteiger partial charge in [-0.15, -0.1) is 0 Å². The second-order valence-electron chi connectivity index (χ2n) is 5.51. The van der Waals surface area contributed by atoms with Crippen LogP contribution in [0.2, 0.25) is 0 Å². The van der Waals surface area contributed by atoms with Crippen molar-refractivity contribution in [1.82, 2.24) is 15.3 Å². The molecule has 0 aromatic carbocycles. The maximum absolute atomic E-state index is 12.2. The van der Waals surface area contributed by atoms with E-state index < -0.39 is 19.2 Å². The SMILES string of the molecule is CC(=O)Nc1cc(C(=O)NCc2ccc(OCCC(F)(F)F)nc2)ccn1. The van der Waals surface area contributed by atoms with Crippen LogP contribution in [-0.2, 0) is 11.3 Å². The molecule has 0 saturated heterocycles. The molecular formula is C17H17F3N4O3. The van der Waals surface area contributed by atoms with Crippen LogP contribution >= 0.6 is 0 Å². The lowest BCUT2D eigenvalue weighted by atomic mass is 10.2. The summed E-state index contributed by atoms with van der Waals surface area (Å²) in [6.45, 7) is 0.982. The van der Waals surface area contributed by atoms with E-state index in [4.69, 9.17) is 4.74 Å². The van der Waals surface area contributed by atoms with Gasteiger partial charge in [0.25, 0.3) is 5.91 Å². The van der Waals surface area contributed by atoms with Crippen LogP contribution < -0.4 is 15.4 Å². The third-order valence-corrected chi connectivity index (χ3v) is 3.21. The maximum atomic E-state index is 12.2. The number of alkyl halides is 3. The second kappa shape index (κ2) is 8.97. The van der Waals surface area contributed by atoms with Crippen molar-refractivity contribution in [3.05, 3.63) is 47.8 Å². The fourth-order valence-corrected chi connectivity index (χ4v) is 1.98. The number of amides is 2. The van der Waals surface area contributed by atoms with Crippen molar-refractivity contribution in [2.24, 2.45) is 0 Å². The van der Waals surface area contributed by atoms with Crippen molar-refractivity contribution < 1.29 is 27.5 Å². The highest BCUT2D eigenvalue weighted by Crippen LogP contribution is 2.19. The molecule has 0 aliphatic carbocycles. The summed E-state index contributed by atoms with van der Waals surface area (Å²) in [6.07, 6.45) is -2.54. The number of carbonyl (C=O) groups excluding carboxylic acids is 2. The molecule has 27 heavy (non-hydrogen) atoms. The smallest absolute Gasteiger partial charge is 0.392 e. The molecule has 0 unspecified atom stereocenters. The predicted molar refractivity (Wildman–Crippen MR) is 90.1 cm³/mol. The van der Waals surface area contributed by atoms with Gasteiger partial charge in [0.2, 0.25) is 11.8 Å². The lowest BCUT2D eigenvalue weighted by Crippen LogP contribution is -2.23. The van der Waals surface area contributed by atoms with E-state index in [0.717, 1.165) is 0 Å². The minimum absolute atomic E-state index is 0.0726. The van der Waals surface area contributed by atoms with Crippen molar-refractivity contribution in [2.75, 3.05) is 11.9 Å². The van der Waals surface area contributed by atoms with Gasteiger partial charge in [-0.05, 0) is 17.7 Å². The van der Waals surface area contributed by atoms with E-state index in [0.29, 0.717) is 11.1 Å². The number of aromatic nitrogens is 2.